The van der Waals surface area contributed by atoms with E-state index >= 15 is 0 Å². The van der Waals surface area contributed by atoms with Crippen LogP contribution in [0, 0.1) is 17.0 Å². The van der Waals surface area contributed by atoms with Crippen LogP contribution in [-0.4, -0.2) is 9.49 Å². The molecule has 2 rings (SSSR count). The summed E-state index contributed by atoms with van der Waals surface area (Å²) in [5.74, 6) is 0. The molecule has 0 N–H and O–H groups in total. The lowest BCUT2D eigenvalue weighted by Gasteiger charge is -2.04. The number of nitro groups is 1. The van der Waals surface area contributed by atoms with E-state index in [2.05, 4.69) is 0 Å². The highest BCUT2D eigenvalue weighted by Crippen LogP contribution is 2.20. The number of nitro benzene ring substituents is 1. The van der Waals surface area contributed by atoms with Gasteiger partial charge in [-0.25, -0.2) is 0 Å². The molecule has 0 saturated carbocycles. The van der Waals surface area contributed by atoms with E-state index in [1.54, 1.807) is 19.3 Å². The lowest BCUT2D eigenvalue weighted by Crippen LogP contribution is -2.16. The fraction of sp³-hybridized carbons (Fsp3) is 0.308. The molecule has 18 heavy (non-hydrogen) atoms. The van der Waals surface area contributed by atoms with E-state index in [1.165, 1.54) is 16.7 Å². The van der Waals surface area contributed by atoms with Crippen molar-refractivity contribution in [2.45, 2.75) is 20.8 Å². The molecule has 1 aromatic carbocycles. The summed E-state index contributed by atoms with van der Waals surface area (Å²) in [6.45, 7) is 5.87. The molecule has 0 unspecified atom stereocenters. The average molecular weight is 248 g/mol. The Morgan fingerprint density at radius 1 is 1.22 bits per heavy atom. The van der Waals surface area contributed by atoms with Gasteiger partial charge in [0.2, 0.25) is 0 Å². The van der Waals surface area contributed by atoms with E-state index in [9.17, 15) is 14.9 Å². The van der Waals surface area contributed by atoms with Crippen molar-refractivity contribution in [3.63, 3.8) is 0 Å². The highest BCUT2D eigenvalue weighted by atomic mass is 16.6. The first-order valence-electron chi connectivity index (χ1n) is 5.75. The Morgan fingerprint density at radius 3 is 2.39 bits per heavy atom. The summed E-state index contributed by atoms with van der Waals surface area (Å²) in [7, 11) is 1.63. The number of hydrogen-bond acceptors (Lipinski definition) is 3. The van der Waals surface area contributed by atoms with Crippen LogP contribution < -0.4 is 5.56 Å². The van der Waals surface area contributed by atoms with Crippen molar-refractivity contribution in [2.24, 2.45) is 7.05 Å². The van der Waals surface area contributed by atoms with Gasteiger partial charge >= 0.3 is 0 Å². The zero-order valence-corrected chi connectivity index (χ0v) is 10.9. The van der Waals surface area contributed by atoms with Gasteiger partial charge in [0.1, 0.15) is 0 Å². The molecule has 0 aliphatic rings. The largest absolute Gasteiger partial charge is 0.318 e. The van der Waals surface area contributed by atoms with Crippen molar-refractivity contribution in [3.8, 4) is 0 Å². The second-order valence-corrected chi connectivity index (χ2v) is 3.72. The Balaban J connectivity index is 0.000000771. The van der Waals surface area contributed by atoms with Crippen molar-refractivity contribution in [2.75, 3.05) is 0 Å². The van der Waals surface area contributed by atoms with Gasteiger partial charge in [-0.1, -0.05) is 13.8 Å². The summed E-state index contributed by atoms with van der Waals surface area (Å²) in [5, 5.41) is 11.8. The third-order valence-electron chi connectivity index (χ3n) is 2.58. The van der Waals surface area contributed by atoms with Crippen molar-refractivity contribution in [1.29, 1.82) is 0 Å². The highest BCUT2D eigenvalue weighted by molar-refractivity contribution is 5.86. The molecule has 5 nitrogen and oxygen atoms in total. The van der Waals surface area contributed by atoms with Gasteiger partial charge in [0.05, 0.1) is 10.3 Å². The number of rotatable bonds is 1. The quantitative estimate of drug-likeness (QED) is 0.575. The topological polar surface area (TPSA) is 65.1 Å². The zero-order valence-electron chi connectivity index (χ0n) is 10.9. The number of aryl methyl sites for hydroxylation is 2. The molecular formula is C13H16N2O3. The summed E-state index contributed by atoms with van der Waals surface area (Å²) < 4.78 is 1.43. The SMILES string of the molecule is CC.Cc1cn(C)c(=O)c2cc([N+](=O)[O-])ccc12. The monoisotopic (exact) mass is 248 g/mol. The van der Waals surface area contributed by atoms with Gasteiger partial charge < -0.3 is 4.57 Å². The Hall–Kier alpha value is -2.17. The van der Waals surface area contributed by atoms with Crippen LogP contribution in [0.15, 0.2) is 29.2 Å². The van der Waals surface area contributed by atoms with E-state index in [0.717, 1.165) is 10.9 Å². The van der Waals surface area contributed by atoms with Gasteiger partial charge in [-0.2, -0.15) is 0 Å². The minimum absolute atomic E-state index is 0.0600. The summed E-state index contributed by atoms with van der Waals surface area (Å²) >= 11 is 0. The standard InChI is InChI=1S/C11H10N2O3.C2H6/c1-7-6-12(2)11(14)10-5-8(13(15)16)3-4-9(7)10;1-2/h3-6H,1-2H3;1-2H3. The predicted octanol–water partition coefficient (Wildman–Crippen LogP) is 2.78. The molecule has 0 spiro atoms. The molecule has 0 amide bonds. The van der Waals surface area contributed by atoms with Gasteiger partial charge in [-0.05, 0) is 23.9 Å². The summed E-state index contributed by atoms with van der Waals surface area (Å²) in [6, 6.07) is 4.35. The highest BCUT2D eigenvalue weighted by Gasteiger charge is 2.10. The Bertz CT molecular complexity index is 644. The van der Waals surface area contributed by atoms with Gasteiger partial charge in [0.15, 0.2) is 0 Å². The molecule has 0 fully saturated rings. The van der Waals surface area contributed by atoms with E-state index in [4.69, 9.17) is 0 Å². The zero-order chi connectivity index (χ0) is 13.9. The van der Waals surface area contributed by atoms with Gasteiger partial charge in [0.25, 0.3) is 11.2 Å². The Morgan fingerprint density at radius 2 is 1.83 bits per heavy atom. The van der Waals surface area contributed by atoms with Gasteiger partial charge in [0, 0.05) is 25.4 Å². The first-order chi connectivity index (χ1) is 8.50. The summed E-state index contributed by atoms with van der Waals surface area (Å²) in [4.78, 5) is 21.9. The van der Waals surface area contributed by atoms with Crippen LogP contribution in [-0.2, 0) is 7.05 Å². The molecule has 0 radical (unpaired) electrons. The lowest BCUT2D eigenvalue weighted by atomic mass is 10.1. The number of non-ortho nitro benzene ring substituents is 1. The first kappa shape index (κ1) is 13.9. The van der Waals surface area contributed by atoms with Crippen LogP contribution in [0.5, 0.6) is 0 Å². The van der Waals surface area contributed by atoms with Crippen molar-refractivity contribution >= 4 is 16.5 Å². The van der Waals surface area contributed by atoms with Gasteiger partial charge in [-0.3, -0.25) is 14.9 Å². The minimum atomic E-state index is -0.499. The maximum atomic E-state index is 11.8. The number of hydrogen-bond donors (Lipinski definition) is 0. The molecule has 96 valence electrons. The summed E-state index contributed by atoms with van der Waals surface area (Å²) in [6.07, 6.45) is 1.72. The maximum Gasteiger partial charge on any atom is 0.270 e. The molecule has 0 atom stereocenters. The number of fused-ring (bicyclic) bond motifs is 1. The normalized spacial score (nSPS) is 9.78. The number of benzene rings is 1. The fourth-order valence-corrected chi connectivity index (χ4v) is 1.78. The molecule has 0 aliphatic carbocycles. The summed E-state index contributed by atoms with van der Waals surface area (Å²) in [5.41, 5.74) is 0.645. The van der Waals surface area contributed by atoms with Crippen LogP contribution in [0.1, 0.15) is 19.4 Å². The van der Waals surface area contributed by atoms with E-state index < -0.39 is 4.92 Å². The second-order valence-electron chi connectivity index (χ2n) is 3.72. The van der Waals surface area contributed by atoms with E-state index in [-0.39, 0.29) is 11.2 Å². The Kier molecular flexibility index (Phi) is 4.20. The molecular weight excluding hydrogens is 232 g/mol. The molecule has 0 bridgehead atoms. The van der Waals surface area contributed by atoms with E-state index in [1.807, 2.05) is 20.8 Å². The number of nitrogens with zero attached hydrogens (tertiary/aromatic N) is 2. The molecule has 5 heteroatoms. The molecule has 1 heterocycles. The molecule has 0 aliphatic heterocycles. The smallest absolute Gasteiger partial charge is 0.270 e. The van der Waals surface area contributed by atoms with Gasteiger partial charge in [-0.15, -0.1) is 0 Å². The van der Waals surface area contributed by atoms with Crippen LogP contribution in [0.25, 0.3) is 10.8 Å². The molecule has 1 aromatic heterocycles. The van der Waals surface area contributed by atoms with Crippen LogP contribution in [0.3, 0.4) is 0 Å². The van der Waals surface area contributed by atoms with Crippen molar-refractivity contribution in [1.82, 2.24) is 4.57 Å². The third-order valence-corrected chi connectivity index (χ3v) is 2.58. The maximum absolute atomic E-state index is 11.8. The number of aromatic nitrogens is 1. The van der Waals surface area contributed by atoms with E-state index in [0.29, 0.717) is 5.39 Å². The van der Waals surface area contributed by atoms with Crippen LogP contribution >= 0.6 is 0 Å². The number of pyridine rings is 1. The van der Waals surface area contributed by atoms with Crippen LogP contribution in [0.4, 0.5) is 5.69 Å². The molecule has 2 aromatic rings. The second kappa shape index (κ2) is 5.44. The minimum Gasteiger partial charge on any atom is -0.318 e. The predicted molar refractivity (Wildman–Crippen MR) is 71.9 cm³/mol. The Labute approximate surface area is 105 Å². The third kappa shape index (κ3) is 2.40. The van der Waals surface area contributed by atoms with Crippen molar-refractivity contribution in [3.05, 3.63) is 50.4 Å². The fourth-order valence-electron chi connectivity index (χ4n) is 1.78. The molecule has 0 saturated heterocycles. The lowest BCUT2D eigenvalue weighted by molar-refractivity contribution is -0.384. The first-order valence-corrected chi connectivity index (χ1v) is 5.75. The van der Waals surface area contributed by atoms with Crippen molar-refractivity contribution < 1.29 is 4.92 Å². The average Bonchev–Trinajstić information content (AvgIpc) is 2.38. The van der Waals surface area contributed by atoms with Crippen LogP contribution in [0.2, 0.25) is 0 Å².